The predicted molar refractivity (Wildman–Crippen MR) is 96.0 cm³/mol. The Balaban J connectivity index is 0.00000176. The van der Waals surface area contributed by atoms with Gasteiger partial charge >= 0.3 is 0 Å². The number of nitrogens with zero attached hydrogens (tertiary/aromatic N) is 2. The zero-order valence-electron chi connectivity index (χ0n) is 13.5. The maximum Gasteiger partial charge on any atom is 0.223 e. The SMILES string of the molecule is Cl.O=C(CCN1CCSC2(CCCCC2)C1)N1CCNCC1. The minimum Gasteiger partial charge on any atom is -0.340 e. The van der Waals surface area contributed by atoms with Crippen LogP contribution in [0.5, 0.6) is 0 Å². The van der Waals surface area contributed by atoms with Gasteiger partial charge in [-0.2, -0.15) is 11.8 Å². The average molecular weight is 348 g/mol. The third-order valence-corrected chi connectivity index (χ3v) is 6.74. The van der Waals surface area contributed by atoms with Crippen LogP contribution >= 0.6 is 24.2 Å². The van der Waals surface area contributed by atoms with Crippen molar-refractivity contribution < 1.29 is 4.79 Å². The van der Waals surface area contributed by atoms with Gasteiger partial charge in [0.15, 0.2) is 0 Å². The Morgan fingerprint density at radius 3 is 2.55 bits per heavy atom. The Morgan fingerprint density at radius 2 is 1.82 bits per heavy atom. The van der Waals surface area contributed by atoms with Crippen molar-refractivity contribution in [2.24, 2.45) is 0 Å². The van der Waals surface area contributed by atoms with Crippen LogP contribution in [0.15, 0.2) is 0 Å². The minimum atomic E-state index is 0. The molecule has 3 aliphatic rings. The van der Waals surface area contributed by atoms with Gasteiger partial charge in [0.25, 0.3) is 0 Å². The lowest BCUT2D eigenvalue weighted by molar-refractivity contribution is -0.132. The van der Waals surface area contributed by atoms with Crippen LogP contribution in [0.3, 0.4) is 0 Å². The van der Waals surface area contributed by atoms with Crippen molar-refractivity contribution in [3.8, 4) is 0 Å². The Bertz CT molecular complexity index is 352. The predicted octanol–water partition coefficient (Wildman–Crippen LogP) is 1.98. The third-order valence-electron chi connectivity index (χ3n) is 5.20. The topological polar surface area (TPSA) is 35.6 Å². The number of amides is 1. The van der Waals surface area contributed by atoms with Gasteiger partial charge in [0.1, 0.15) is 0 Å². The number of halogens is 1. The molecule has 22 heavy (non-hydrogen) atoms. The fourth-order valence-corrected chi connectivity index (χ4v) is 5.57. The Labute approximate surface area is 145 Å². The molecule has 3 rings (SSSR count). The van der Waals surface area contributed by atoms with E-state index in [1.165, 1.54) is 50.9 Å². The molecule has 0 bridgehead atoms. The molecule has 0 unspecified atom stereocenters. The first-order chi connectivity index (χ1) is 10.3. The molecule has 1 spiro atoms. The fourth-order valence-electron chi connectivity index (χ4n) is 3.94. The fraction of sp³-hybridized carbons (Fsp3) is 0.938. The van der Waals surface area contributed by atoms with Gasteiger partial charge in [0, 0.05) is 62.7 Å². The van der Waals surface area contributed by atoms with Gasteiger partial charge in [-0.3, -0.25) is 4.79 Å². The Kier molecular flexibility index (Phi) is 7.32. The largest absolute Gasteiger partial charge is 0.340 e. The highest BCUT2D eigenvalue weighted by molar-refractivity contribution is 8.00. The van der Waals surface area contributed by atoms with Crippen LogP contribution in [0.1, 0.15) is 38.5 Å². The molecule has 4 nitrogen and oxygen atoms in total. The second-order valence-electron chi connectivity index (χ2n) is 6.75. The normalized spacial score (nSPS) is 25.7. The lowest BCUT2D eigenvalue weighted by Crippen LogP contribution is -2.50. The molecule has 0 aromatic carbocycles. The molecular weight excluding hydrogens is 318 g/mol. The number of piperazine rings is 1. The first-order valence-corrected chi connectivity index (χ1v) is 9.61. The summed E-state index contributed by atoms with van der Waals surface area (Å²) >= 11 is 2.21. The molecule has 0 radical (unpaired) electrons. The maximum absolute atomic E-state index is 12.3. The van der Waals surface area contributed by atoms with Crippen LogP contribution in [-0.2, 0) is 4.79 Å². The molecule has 3 fully saturated rings. The van der Waals surface area contributed by atoms with Crippen LogP contribution in [0, 0.1) is 0 Å². The van der Waals surface area contributed by atoms with E-state index in [-0.39, 0.29) is 12.4 Å². The van der Waals surface area contributed by atoms with Gasteiger partial charge < -0.3 is 15.1 Å². The molecule has 128 valence electrons. The quantitative estimate of drug-likeness (QED) is 0.846. The molecule has 2 saturated heterocycles. The number of carbonyl (C=O) groups is 1. The van der Waals surface area contributed by atoms with Gasteiger partial charge in [0.2, 0.25) is 5.91 Å². The summed E-state index contributed by atoms with van der Waals surface area (Å²) in [7, 11) is 0. The van der Waals surface area contributed by atoms with E-state index in [2.05, 4.69) is 22.0 Å². The average Bonchev–Trinajstić information content (AvgIpc) is 2.54. The molecule has 0 aromatic rings. The summed E-state index contributed by atoms with van der Waals surface area (Å²) < 4.78 is 0.522. The molecule has 0 aromatic heterocycles. The number of nitrogens with one attached hydrogen (secondary N) is 1. The zero-order chi connectivity index (χ0) is 14.5. The molecule has 1 N–H and O–H groups in total. The van der Waals surface area contributed by atoms with Crippen LogP contribution in [-0.4, -0.2) is 72.0 Å². The number of hydrogen-bond donors (Lipinski definition) is 1. The van der Waals surface area contributed by atoms with E-state index >= 15 is 0 Å². The van der Waals surface area contributed by atoms with Crippen molar-refractivity contribution in [3.63, 3.8) is 0 Å². The van der Waals surface area contributed by atoms with Crippen molar-refractivity contribution in [2.75, 3.05) is 51.6 Å². The lowest BCUT2D eigenvalue weighted by atomic mass is 9.87. The van der Waals surface area contributed by atoms with E-state index in [1.807, 2.05) is 4.90 Å². The van der Waals surface area contributed by atoms with Gasteiger partial charge in [-0.15, -0.1) is 12.4 Å². The van der Waals surface area contributed by atoms with Gasteiger partial charge in [-0.25, -0.2) is 0 Å². The second kappa shape index (κ2) is 8.76. The van der Waals surface area contributed by atoms with E-state index in [1.54, 1.807) is 0 Å². The summed E-state index contributed by atoms with van der Waals surface area (Å²) in [5.74, 6) is 1.61. The number of carbonyl (C=O) groups excluding carboxylic acids is 1. The Morgan fingerprint density at radius 1 is 1.09 bits per heavy atom. The maximum atomic E-state index is 12.3. The van der Waals surface area contributed by atoms with E-state index in [0.29, 0.717) is 17.1 Å². The zero-order valence-corrected chi connectivity index (χ0v) is 15.2. The highest BCUT2D eigenvalue weighted by atomic mass is 35.5. The van der Waals surface area contributed by atoms with Crippen molar-refractivity contribution >= 4 is 30.1 Å². The van der Waals surface area contributed by atoms with Crippen molar-refractivity contribution in [2.45, 2.75) is 43.3 Å². The molecule has 0 atom stereocenters. The smallest absolute Gasteiger partial charge is 0.223 e. The third kappa shape index (κ3) is 4.76. The first kappa shape index (κ1) is 18.4. The van der Waals surface area contributed by atoms with Gasteiger partial charge in [-0.1, -0.05) is 19.3 Å². The first-order valence-electron chi connectivity index (χ1n) is 8.62. The summed E-state index contributed by atoms with van der Waals surface area (Å²) in [4.78, 5) is 16.9. The molecule has 2 aliphatic heterocycles. The van der Waals surface area contributed by atoms with E-state index in [0.717, 1.165) is 32.7 Å². The summed E-state index contributed by atoms with van der Waals surface area (Å²) in [6.07, 6.45) is 7.71. The lowest BCUT2D eigenvalue weighted by Gasteiger charge is -2.44. The summed E-state index contributed by atoms with van der Waals surface area (Å²) in [5, 5.41) is 3.31. The Hall–Kier alpha value is 0.0300. The van der Waals surface area contributed by atoms with Gasteiger partial charge in [0.05, 0.1) is 0 Å². The van der Waals surface area contributed by atoms with Crippen LogP contribution in [0.4, 0.5) is 0 Å². The highest BCUT2D eigenvalue weighted by Gasteiger charge is 2.37. The van der Waals surface area contributed by atoms with Crippen LogP contribution in [0.25, 0.3) is 0 Å². The van der Waals surface area contributed by atoms with Gasteiger partial charge in [-0.05, 0) is 12.8 Å². The number of hydrogen-bond acceptors (Lipinski definition) is 4. The molecule has 1 saturated carbocycles. The molecule has 2 heterocycles. The number of rotatable bonds is 3. The molecule has 6 heteroatoms. The van der Waals surface area contributed by atoms with Crippen molar-refractivity contribution in [1.82, 2.24) is 15.1 Å². The van der Waals surface area contributed by atoms with Crippen LogP contribution in [0.2, 0.25) is 0 Å². The van der Waals surface area contributed by atoms with E-state index in [4.69, 9.17) is 0 Å². The highest BCUT2D eigenvalue weighted by Crippen LogP contribution is 2.42. The second-order valence-corrected chi connectivity index (χ2v) is 8.31. The van der Waals surface area contributed by atoms with E-state index < -0.39 is 0 Å². The van der Waals surface area contributed by atoms with Crippen LogP contribution < -0.4 is 5.32 Å². The number of thioether (sulfide) groups is 1. The van der Waals surface area contributed by atoms with E-state index in [9.17, 15) is 4.79 Å². The molecule has 1 aliphatic carbocycles. The summed E-state index contributed by atoms with van der Waals surface area (Å²) in [6, 6.07) is 0. The summed E-state index contributed by atoms with van der Waals surface area (Å²) in [6.45, 7) is 7.03. The summed E-state index contributed by atoms with van der Waals surface area (Å²) in [5.41, 5.74) is 0. The van der Waals surface area contributed by atoms with Crippen molar-refractivity contribution in [1.29, 1.82) is 0 Å². The van der Waals surface area contributed by atoms with Crippen molar-refractivity contribution in [3.05, 3.63) is 0 Å². The monoisotopic (exact) mass is 347 g/mol. The molecule has 1 amide bonds. The standard InChI is InChI=1S/C16H29N3OS.ClH/c20-15(19-10-7-17-8-11-19)4-9-18-12-13-21-16(14-18)5-2-1-3-6-16;/h17H,1-14H2;1H. The minimum absolute atomic E-state index is 0. The molecular formula is C16H30ClN3OS.